The molecule has 0 aromatic heterocycles. The second-order valence-corrected chi connectivity index (χ2v) is 5.01. The van der Waals surface area contributed by atoms with Crippen LogP contribution < -0.4 is 0 Å². The lowest BCUT2D eigenvalue weighted by Crippen LogP contribution is -1.91. The molecule has 0 saturated carbocycles. The molecule has 18 heavy (non-hydrogen) atoms. The standard InChI is InChI=1S/C15H13FOS/c1-11(17)12-6-4-7-14(9-12)18-10-13-5-2-3-8-15(13)16/h2-9H,10H2,1H3. The molecule has 1 nitrogen and oxygen atoms in total. The van der Waals surface area contributed by atoms with Crippen LogP contribution in [0.2, 0.25) is 0 Å². The summed E-state index contributed by atoms with van der Waals surface area (Å²) < 4.78 is 13.4. The molecule has 0 amide bonds. The monoisotopic (exact) mass is 260 g/mol. The Morgan fingerprint density at radius 3 is 2.67 bits per heavy atom. The molecule has 3 heteroatoms. The van der Waals surface area contributed by atoms with Crippen molar-refractivity contribution in [2.24, 2.45) is 0 Å². The smallest absolute Gasteiger partial charge is 0.159 e. The topological polar surface area (TPSA) is 17.1 Å². The van der Waals surface area contributed by atoms with E-state index >= 15 is 0 Å². The first-order valence-corrected chi connectivity index (χ1v) is 6.62. The molecule has 0 N–H and O–H groups in total. The average molecular weight is 260 g/mol. The van der Waals surface area contributed by atoms with Gasteiger partial charge in [-0.05, 0) is 30.7 Å². The fraction of sp³-hybridized carbons (Fsp3) is 0.133. The van der Waals surface area contributed by atoms with Crippen LogP contribution in [0.5, 0.6) is 0 Å². The predicted octanol–water partition coefficient (Wildman–Crippen LogP) is 4.32. The Labute approximate surface area is 110 Å². The van der Waals surface area contributed by atoms with Crippen LogP contribution in [-0.4, -0.2) is 5.78 Å². The van der Waals surface area contributed by atoms with E-state index in [1.165, 1.54) is 17.8 Å². The summed E-state index contributed by atoms with van der Waals surface area (Å²) in [5.41, 5.74) is 1.37. The van der Waals surface area contributed by atoms with E-state index in [0.717, 1.165) is 4.90 Å². The van der Waals surface area contributed by atoms with Crippen molar-refractivity contribution in [1.29, 1.82) is 0 Å². The lowest BCUT2D eigenvalue weighted by molar-refractivity contribution is 0.101. The van der Waals surface area contributed by atoms with Gasteiger partial charge in [0.05, 0.1) is 0 Å². The van der Waals surface area contributed by atoms with Crippen LogP contribution in [0.25, 0.3) is 0 Å². The minimum Gasteiger partial charge on any atom is -0.295 e. The van der Waals surface area contributed by atoms with Crippen LogP contribution >= 0.6 is 11.8 Å². The number of ketones is 1. The number of carbonyl (C=O) groups is 1. The number of Topliss-reactive ketones (excluding diaryl/α,β-unsaturated/α-hetero) is 1. The van der Waals surface area contributed by atoms with Gasteiger partial charge in [0, 0.05) is 16.2 Å². The van der Waals surface area contributed by atoms with Gasteiger partial charge in [0.25, 0.3) is 0 Å². The zero-order valence-corrected chi connectivity index (χ0v) is 10.8. The van der Waals surface area contributed by atoms with Crippen LogP contribution in [0.4, 0.5) is 4.39 Å². The number of hydrogen-bond acceptors (Lipinski definition) is 2. The summed E-state index contributed by atoms with van der Waals surface area (Å²) in [5, 5.41) is 0. The maximum atomic E-state index is 13.4. The molecule has 0 radical (unpaired) electrons. The van der Waals surface area contributed by atoms with Crippen molar-refractivity contribution in [3.63, 3.8) is 0 Å². The normalized spacial score (nSPS) is 10.3. The van der Waals surface area contributed by atoms with Gasteiger partial charge in [-0.3, -0.25) is 4.79 Å². The number of halogens is 1. The molecule has 0 saturated heterocycles. The Morgan fingerprint density at radius 1 is 1.17 bits per heavy atom. The largest absolute Gasteiger partial charge is 0.295 e. The molecule has 0 fully saturated rings. The van der Waals surface area contributed by atoms with Crippen molar-refractivity contribution < 1.29 is 9.18 Å². The van der Waals surface area contributed by atoms with Gasteiger partial charge in [0.1, 0.15) is 5.82 Å². The highest BCUT2D eigenvalue weighted by Gasteiger charge is 2.04. The Bertz CT molecular complexity index is 566. The van der Waals surface area contributed by atoms with E-state index in [4.69, 9.17) is 0 Å². The number of hydrogen-bond donors (Lipinski definition) is 0. The highest BCUT2D eigenvalue weighted by molar-refractivity contribution is 7.98. The molecule has 0 aliphatic heterocycles. The number of benzene rings is 2. The minimum atomic E-state index is -0.187. The third-order valence-electron chi connectivity index (χ3n) is 2.59. The van der Waals surface area contributed by atoms with Crippen LogP contribution in [0.3, 0.4) is 0 Å². The van der Waals surface area contributed by atoms with Crippen molar-refractivity contribution in [2.75, 3.05) is 0 Å². The summed E-state index contributed by atoms with van der Waals surface area (Å²) in [5.74, 6) is 0.421. The second-order valence-electron chi connectivity index (χ2n) is 3.96. The van der Waals surface area contributed by atoms with Crippen LogP contribution in [0.15, 0.2) is 53.4 Å². The van der Waals surface area contributed by atoms with Crippen molar-refractivity contribution in [1.82, 2.24) is 0 Å². The molecule has 0 spiro atoms. The highest BCUT2D eigenvalue weighted by atomic mass is 32.2. The quantitative estimate of drug-likeness (QED) is 0.601. The summed E-state index contributed by atoms with van der Waals surface area (Å²) in [4.78, 5) is 12.2. The van der Waals surface area contributed by atoms with Gasteiger partial charge in [0.2, 0.25) is 0 Å². The van der Waals surface area contributed by atoms with Gasteiger partial charge in [-0.2, -0.15) is 0 Å². The zero-order valence-electron chi connectivity index (χ0n) is 10.0. The lowest BCUT2D eigenvalue weighted by atomic mass is 10.2. The van der Waals surface area contributed by atoms with Gasteiger partial charge in [-0.1, -0.05) is 30.3 Å². The number of rotatable bonds is 4. The fourth-order valence-electron chi connectivity index (χ4n) is 1.58. The molecule has 2 rings (SSSR count). The maximum Gasteiger partial charge on any atom is 0.159 e. The van der Waals surface area contributed by atoms with E-state index in [2.05, 4.69) is 0 Å². The molecule has 0 aliphatic carbocycles. The zero-order chi connectivity index (χ0) is 13.0. The van der Waals surface area contributed by atoms with Crippen LogP contribution in [0.1, 0.15) is 22.8 Å². The second kappa shape index (κ2) is 5.83. The molecule has 0 atom stereocenters. The minimum absolute atomic E-state index is 0.0448. The van der Waals surface area contributed by atoms with Crippen LogP contribution in [0, 0.1) is 5.82 Å². The SMILES string of the molecule is CC(=O)c1cccc(SCc2ccccc2F)c1. The molecule has 2 aromatic rings. The van der Waals surface area contributed by atoms with Crippen molar-refractivity contribution in [3.8, 4) is 0 Å². The average Bonchev–Trinajstić information content (AvgIpc) is 2.38. The Hall–Kier alpha value is -1.61. The van der Waals surface area contributed by atoms with E-state index < -0.39 is 0 Å². The number of carbonyl (C=O) groups excluding carboxylic acids is 1. The van der Waals surface area contributed by atoms with E-state index in [-0.39, 0.29) is 11.6 Å². The summed E-state index contributed by atoms with van der Waals surface area (Å²) in [6, 6.07) is 14.1. The van der Waals surface area contributed by atoms with Gasteiger partial charge in [-0.25, -0.2) is 4.39 Å². The highest BCUT2D eigenvalue weighted by Crippen LogP contribution is 2.24. The van der Waals surface area contributed by atoms with Gasteiger partial charge in [-0.15, -0.1) is 11.8 Å². The van der Waals surface area contributed by atoms with Crippen molar-refractivity contribution >= 4 is 17.5 Å². The molecule has 92 valence electrons. The Morgan fingerprint density at radius 2 is 1.94 bits per heavy atom. The Balaban J connectivity index is 2.09. The summed E-state index contributed by atoms with van der Waals surface area (Å²) in [7, 11) is 0. The predicted molar refractivity (Wildman–Crippen MR) is 72.4 cm³/mol. The van der Waals surface area contributed by atoms with E-state index in [9.17, 15) is 9.18 Å². The van der Waals surface area contributed by atoms with Crippen molar-refractivity contribution in [3.05, 3.63) is 65.5 Å². The molecule has 0 unspecified atom stereocenters. The third-order valence-corrected chi connectivity index (χ3v) is 3.64. The first-order chi connectivity index (χ1) is 8.66. The van der Waals surface area contributed by atoms with Gasteiger partial charge in [0.15, 0.2) is 5.78 Å². The molecule has 0 heterocycles. The molecule has 2 aromatic carbocycles. The molecule has 0 aliphatic rings. The van der Waals surface area contributed by atoms with E-state index in [1.54, 1.807) is 25.1 Å². The fourth-order valence-corrected chi connectivity index (χ4v) is 2.52. The molecular weight excluding hydrogens is 247 g/mol. The first kappa shape index (κ1) is 12.8. The first-order valence-electron chi connectivity index (χ1n) is 5.64. The van der Waals surface area contributed by atoms with E-state index in [1.807, 2.05) is 24.3 Å². The molecule has 0 bridgehead atoms. The van der Waals surface area contributed by atoms with Gasteiger partial charge < -0.3 is 0 Å². The molecular formula is C15H13FOS. The van der Waals surface area contributed by atoms with Crippen molar-refractivity contribution in [2.45, 2.75) is 17.6 Å². The Kier molecular flexibility index (Phi) is 4.15. The third kappa shape index (κ3) is 3.20. The maximum absolute atomic E-state index is 13.4. The van der Waals surface area contributed by atoms with Gasteiger partial charge >= 0.3 is 0 Å². The summed E-state index contributed by atoms with van der Waals surface area (Å²) in [6.07, 6.45) is 0. The van der Waals surface area contributed by atoms with E-state index in [0.29, 0.717) is 16.9 Å². The summed E-state index contributed by atoms with van der Waals surface area (Å²) in [6.45, 7) is 1.54. The van der Waals surface area contributed by atoms with Crippen LogP contribution in [-0.2, 0) is 5.75 Å². The summed E-state index contributed by atoms with van der Waals surface area (Å²) >= 11 is 1.53. The lowest BCUT2D eigenvalue weighted by Gasteiger charge is -2.04. The number of thioether (sulfide) groups is 1.